The number of nitrogens with zero attached hydrogens (tertiary/aromatic N) is 6. The van der Waals surface area contributed by atoms with E-state index >= 15 is 0 Å². The normalized spacial score (nSPS) is 14.4. The van der Waals surface area contributed by atoms with Gasteiger partial charge >= 0.3 is 12.2 Å². The summed E-state index contributed by atoms with van der Waals surface area (Å²) in [4.78, 5) is 34.4. The average Bonchev–Trinajstić information content (AvgIpc) is 3.55. The molecule has 1 aliphatic carbocycles. The fourth-order valence-electron chi connectivity index (χ4n) is 4.54. The monoisotopic (exact) mass is 540 g/mol. The Labute approximate surface area is 228 Å². The first-order chi connectivity index (χ1) is 18.6. The Morgan fingerprint density at radius 2 is 1.90 bits per heavy atom. The maximum atomic E-state index is 13.0. The summed E-state index contributed by atoms with van der Waals surface area (Å²) in [5, 5.41) is 23.9. The molecular formula is C27H36N6O6. The third kappa shape index (κ3) is 7.61. The van der Waals surface area contributed by atoms with Crippen LogP contribution in [0, 0.1) is 17.2 Å². The molecule has 39 heavy (non-hydrogen) atoms. The van der Waals surface area contributed by atoms with E-state index < -0.39 is 24.1 Å². The van der Waals surface area contributed by atoms with E-state index in [1.807, 2.05) is 13.8 Å². The van der Waals surface area contributed by atoms with E-state index in [1.54, 1.807) is 37.8 Å². The van der Waals surface area contributed by atoms with Gasteiger partial charge in [0.15, 0.2) is 12.1 Å². The van der Waals surface area contributed by atoms with Crippen molar-refractivity contribution in [3.05, 3.63) is 30.4 Å². The zero-order valence-corrected chi connectivity index (χ0v) is 23.1. The lowest BCUT2D eigenvalue weighted by Crippen LogP contribution is -2.41. The number of aromatic nitrogens is 4. The third-order valence-electron chi connectivity index (χ3n) is 6.08. The second-order valence-electron chi connectivity index (χ2n) is 10.0. The van der Waals surface area contributed by atoms with Crippen molar-refractivity contribution in [2.75, 3.05) is 18.1 Å². The predicted molar refractivity (Wildman–Crippen MR) is 143 cm³/mol. The number of allylic oxidation sites excluding steroid dienone is 2. The molecular weight excluding hydrogens is 504 g/mol. The van der Waals surface area contributed by atoms with Crippen molar-refractivity contribution in [3.63, 3.8) is 0 Å². The second kappa shape index (κ2) is 13.3. The van der Waals surface area contributed by atoms with Gasteiger partial charge in [0.2, 0.25) is 0 Å². The predicted octanol–water partition coefficient (Wildman–Crippen LogP) is 5.26. The smallest absolute Gasteiger partial charge is 0.425 e. The Hall–Kier alpha value is -3.82. The van der Waals surface area contributed by atoms with Crippen LogP contribution < -0.4 is 4.90 Å². The molecule has 0 atom stereocenters. The number of anilines is 1. The van der Waals surface area contributed by atoms with Gasteiger partial charge in [0.1, 0.15) is 11.9 Å². The van der Waals surface area contributed by atoms with Crippen LogP contribution >= 0.6 is 0 Å². The molecule has 2 aromatic rings. The molecule has 0 spiro atoms. The standard InChI is InChI=1S/C27H36N6O6/c1-6-37-22(38-7-2)14-20-23(19-15-31-32(16-19)21(12-13-28)18-10-8-9-11-18)29-17-30-24(20)33(25(34)35)26(36)39-27(3,4)5/h12,15-18,22H,6-11,14H2,1-5H3,(H,34,35). The molecule has 12 nitrogen and oxygen atoms in total. The zero-order chi connectivity index (χ0) is 28.6. The minimum atomic E-state index is -1.56. The second-order valence-corrected chi connectivity index (χ2v) is 10.0. The Morgan fingerprint density at radius 1 is 1.23 bits per heavy atom. The number of nitriles is 1. The van der Waals surface area contributed by atoms with E-state index in [2.05, 4.69) is 21.1 Å². The van der Waals surface area contributed by atoms with Gasteiger partial charge in [-0.25, -0.2) is 24.2 Å². The van der Waals surface area contributed by atoms with E-state index in [0.717, 1.165) is 31.4 Å². The SMILES string of the molecule is CCOC(Cc1c(-c2cnn(C(=CC#N)C3CCCC3)c2)ncnc1N(C(=O)O)C(=O)OC(C)(C)C)OCC. The lowest BCUT2D eigenvalue weighted by Gasteiger charge is -2.26. The first-order valence-corrected chi connectivity index (χ1v) is 13.1. The van der Waals surface area contributed by atoms with Crippen molar-refractivity contribution in [2.45, 2.75) is 78.6 Å². The van der Waals surface area contributed by atoms with Gasteiger partial charge in [-0.05, 0) is 47.5 Å². The Balaban J connectivity index is 2.14. The molecule has 0 saturated heterocycles. The highest BCUT2D eigenvalue weighted by atomic mass is 16.7. The number of hydrogen-bond acceptors (Lipinski definition) is 9. The van der Waals surface area contributed by atoms with E-state index in [-0.39, 0.29) is 18.2 Å². The van der Waals surface area contributed by atoms with E-state index in [1.165, 1.54) is 12.4 Å². The zero-order valence-electron chi connectivity index (χ0n) is 23.1. The van der Waals surface area contributed by atoms with Gasteiger partial charge in [0, 0.05) is 49.0 Å². The molecule has 0 radical (unpaired) electrons. The Morgan fingerprint density at radius 3 is 2.46 bits per heavy atom. The number of carboxylic acid groups (broad SMARTS) is 1. The molecule has 1 N–H and O–H groups in total. The van der Waals surface area contributed by atoms with Crippen LogP contribution in [-0.4, -0.2) is 62.1 Å². The molecule has 2 heterocycles. The number of imide groups is 1. The van der Waals surface area contributed by atoms with Crippen LogP contribution in [0.3, 0.4) is 0 Å². The lowest BCUT2D eigenvalue weighted by atomic mass is 10.0. The summed E-state index contributed by atoms with van der Waals surface area (Å²) in [6, 6.07) is 2.12. The molecule has 1 fully saturated rings. The number of ether oxygens (including phenoxy) is 3. The molecule has 0 aliphatic heterocycles. The fourth-order valence-corrected chi connectivity index (χ4v) is 4.54. The Bertz CT molecular complexity index is 1220. The van der Waals surface area contributed by atoms with Crippen LogP contribution in [0.25, 0.3) is 17.0 Å². The highest BCUT2D eigenvalue weighted by molar-refractivity contribution is 6.08. The molecule has 2 aromatic heterocycles. The first kappa shape index (κ1) is 29.7. The van der Waals surface area contributed by atoms with Crippen molar-refractivity contribution >= 4 is 23.7 Å². The summed E-state index contributed by atoms with van der Waals surface area (Å²) in [7, 11) is 0. The molecule has 3 rings (SSSR count). The minimum absolute atomic E-state index is 0.0501. The fraction of sp³-hybridized carbons (Fsp3) is 0.556. The first-order valence-electron chi connectivity index (χ1n) is 13.1. The van der Waals surface area contributed by atoms with Gasteiger partial charge in [-0.2, -0.15) is 15.3 Å². The van der Waals surface area contributed by atoms with Gasteiger partial charge in [-0.1, -0.05) is 12.8 Å². The molecule has 12 heteroatoms. The number of carbonyl (C=O) groups excluding carboxylic acids is 1. The average molecular weight is 541 g/mol. The van der Waals surface area contributed by atoms with Crippen molar-refractivity contribution in [1.29, 1.82) is 5.26 Å². The quantitative estimate of drug-likeness (QED) is 0.312. The summed E-state index contributed by atoms with van der Waals surface area (Å²) in [5.74, 6) is 0.0512. The number of rotatable bonds is 10. The molecule has 0 unspecified atom stereocenters. The summed E-state index contributed by atoms with van der Waals surface area (Å²) < 4.78 is 18.5. The van der Waals surface area contributed by atoms with E-state index in [9.17, 15) is 20.0 Å². The topological polar surface area (TPSA) is 153 Å². The van der Waals surface area contributed by atoms with Gasteiger partial charge < -0.3 is 19.3 Å². The highest BCUT2D eigenvalue weighted by Gasteiger charge is 2.34. The van der Waals surface area contributed by atoms with Gasteiger partial charge in [0.05, 0.1) is 23.7 Å². The summed E-state index contributed by atoms with van der Waals surface area (Å²) in [5.41, 5.74) is 1.07. The maximum absolute atomic E-state index is 13.0. The number of carbonyl (C=O) groups is 2. The van der Waals surface area contributed by atoms with Crippen LogP contribution in [0.4, 0.5) is 15.4 Å². The summed E-state index contributed by atoms with van der Waals surface area (Å²) >= 11 is 0. The van der Waals surface area contributed by atoms with Gasteiger partial charge in [-0.3, -0.25) is 0 Å². The lowest BCUT2D eigenvalue weighted by molar-refractivity contribution is -0.134. The van der Waals surface area contributed by atoms with Crippen molar-refractivity contribution in [3.8, 4) is 17.3 Å². The summed E-state index contributed by atoms with van der Waals surface area (Å²) in [6.07, 6.45) is 6.79. The maximum Gasteiger partial charge on any atom is 0.425 e. The van der Waals surface area contributed by atoms with Crippen LogP contribution in [0.1, 0.15) is 65.9 Å². The number of amides is 2. The Kier molecular flexibility index (Phi) is 10.1. The van der Waals surface area contributed by atoms with Crippen LogP contribution in [0.2, 0.25) is 0 Å². The molecule has 210 valence electrons. The van der Waals surface area contributed by atoms with E-state index in [4.69, 9.17) is 14.2 Å². The third-order valence-corrected chi connectivity index (χ3v) is 6.08. The molecule has 2 amide bonds. The molecule has 1 saturated carbocycles. The summed E-state index contributed by atoms with van der Waals surface area (Å²) in [6.45, 7) is 9.25. The van der Waals surface area contributed by atoms with Gasteiger partial charge in [0.25, 0.3) is 0 Å². The molecule has 0 aromatic carbocycles. The largest absolute Gasteiger partial charge is 0.464 e. The molecule has 0 bridgehead atoms. The van der Waals surface area contributed by atoms with Crippen LogP contribution in [-0.2, 0) is 20.6 Å². The van der Waals surface area contributed by atoms with Crippen molar-refractivity contribution in [2.24, 2.45) is 5.92 Å². The number of hydrogen-bond donors (Lipinski definition) is 1. The van der Waals surface area contributed by atoms with Crippen LogP contribution in [0.5, 0.6) is 0 Å². The molecule has 1 aliphatic rings. The van der Waals surface area contributed by atoms with Crippen molar-refractivity contribution in [1.82, 2.24) is 19.7 Å². The highest BCUT2D eigenvalue weighted by Crippen LogP contribution is 2.35. The van der Waals surface area contributed by atoms with E-state index in [0.29, 0.717) is 34.9 Å². The van der Waals surface area contributed by atoms with Crippen molar-refractivity contribution < 1.29 is 28.9 Å². The minimum Gasteiger partial charge on any atom is -0.464 e. The van der Waals surface area contributed by atoms with Gasteiger partial charge in [-0.15, -0.1) is 0 Å². The van der Waals surface area contributed by atoms with Crippen LogP contribution in [0.15, 0.2) is 24.8 Å².